The number of ether oxygens (including phenoxy) is 2. The van der Waals surface area contributed by atoms with Gasteiger partial charge in [-0.2, -0.15) is 0 Å². The van der Waals surface area contributed by atoms with Crippen LogP contribution < -0.4 is 20.1 Å². The number of hydrogen-bond acceptors (Lipinski definition) is 4. The Hall–Kier alpha value is -3.47. The summed E-state index contributed by atoms with van der Waals surface area (Å²) in [5, 5.41) is 6.07. The molecule has 2 N–H and O–H groups in total. The van der Waals surface area contributed by atoms with Crippen LogP contribution in [0.5, 0.6) is 11.5 Å². The van der Waals surface area contributed by atoms with Crippen molar-refractivity contribution < 1.29 is 14.3 Å². The molecule has 0 aliphatic carbocycles. The van der Waals surface area contributed by atoms with Gasteiger partial charge in [-0.25, -0.2) is 0 Å². The van der Waals surface area contributed by atoms with Crippen LogP contribution in [0.2, 0.25) is 0 Å². The fourth-order valence-electron chi connectivity index (χ4n) is 3.54. The molecule has 0 saturated heterocycles. The third-order valence-corrected chi connectivity index (χ3v) is 5.44. The van der Waals surface area contributed by atoms with Gasteiger partial charge in [0.15, 0.2) is 0 Å². The number of anilines is 2. The quantitative estimate of drug-likeness (QED) is 0.248. The highest BCUT2D eigenvalue weighted by Crippen LogP contribution is 2.19. The van der Waals surface area contributed by atoms with Crippen LogP contribution in [-0.4, -0.2) is 25.7 Å². The molecule has 0 aliphatic rings. The summed E-state index contributed by atoms with van der Waals surface area (Å²) in [6, 6.07) is 25.5. The Morgan fingerprint density at radius 3 is 2.29 bits per heavy atom. The molecule has 0 heterocycles. The average Bonchev–Trinajstić information content (AvgIpc) is 2.87. The summed E-state index contributed by atoms with van der Waals surface area (Å²) in [5.41, 5.74) is 2.84. The fraction of sp³-hybridized carbons (Fsp3) is 0.345. The summed E-state index contributed by atoms with van der Waals surface area (Å²) in [4.78, 5) is 12.3. The van der Waals surface area contributed by atoms with Gasteiger partial charge >= 0.3 is 0 Å². The van der Waals surface area contributed by atoms with Crippen LogP contribution in [0.4, 0.5) is 11.4 Å². The van der Waals surface area contributed by atoms with Gasteiger partial charge in [0.05, 0.1) is 19.8 Å². The molecular weight excluding hydrogens is 424 g/mol. The summed E-state index contributed by atoms with van der Waals surface area (Å²) in [6.45, 7) is 3.72. The molecular formula is C29H36N2O3. The fourth-order valence-corrected chi connectivity index (χ4v) is 3.54. The minimum Gasteiger partial charge on any atom is -0.494 e. The van der Waals surface area contributed by atoms with E-state index in [-0.39, 0.29) is 12.5 Å². The standard InChI is InChI=1S/C29H36N2O3/c1-2-3-4-5-9-20-33-27-17-15-25(16-18-27)31-29(32)23-30-26-13-10-14-28(22-26)34-21-19-24-11-7-6-8-12-24/h6-8,10-18,22,30H,2-5,9,19-21,23H2,1H3,(H,31,32). The average molecular weight is 461 g/mol. The van der Waals surface area contributed by atoms with Crippen LogP contribution in [0.3, 0.4) is 0 Å². The molecule has 0 spiro atoms. The predicted molar refractivity (Wildman–Crippen MR) is 140 cm³/mol. The second-order valence-corrected chi connectivity index (χ2v) is 8.30. The normalized spacial score (nSPS) is 10.5. The first-order valence-corrected chi connectivity index (χ1v) is 12.3. The third kappa shape index (κ3) is 9.57. The van der Waals surface area contributed by atoms with E-state index in [1.54, 1.807) is 0 Å². The number of carbonyl (C=O) groups excluding carboxylic acids is 1. The van der Waals surface area contributed by atoms with Crippen molar-refractivity contribution in [2.45, 2.75) is 45.4 Å². The predicted octanol–water partition coefficient (Wildman–Crippen LogP) is 6.71. The molecule has 34 heavy (non-hydrogen) atoms. The minimum absolute atomic E-state index is 0.111. The van der Waals surface area contributed by atoms with Gasteiger partial charge < -0.3 is 20.1 Å². The lowest BCUT2D eigenvalue weighted by molar-refractivity contribution is -0.114. The van der Waals surface area contributed by atoms with E-state index in [0.717, 1.165) is 42.3 Å². The topological polar surface area (TPSA) is 59.6 Å². The van der Waals surface area contributed by atoms with Crippen molar-refractivity contribution in [3.05, 3.63) is 84.4 Å². The van der Waals surface area contributed by atoms with Crippen LogP contribution in [0.1, 0.15) is 44.6 Å². The number of amides is 1. The van der Waals surface area contributed by atoms with Crippen molar-refractivity contribution in [1.82, 2.24) is 0 Å². The Bertz CT molecular complexity index is 974. The molecule has 5 nitrogen and oxygen atoms in total. The lowest BCUT2D eigenvalue weighted by Crippen LogP contribution is -2.21. The van der Waals surface area contributed by atoms with Gasteiger partial charge in [-0.3, -0.25) is 4.79 Å². The Morgan fingerprint density at radius 1 is 0.735 bits per heavy atom. The summed E-state index contributed by atoms with van der Waals surface area (Å²) in [7, 11) is 0. The second-order valence-electron chi connectivity index (χ2n) is 8.30. The molecule has 3 aromatic carbocycles. The maximum atomic E-state index is 12.3. The molecule has 0 aromatic heterocycles. The molecule has 180 valence electrons. The summed E-state index contributed by atoms with van der Waals surface area (Å²) in [6.07, 6.45) is 6.94. The van der Waals surface area contributed by atoms with Crippen molar-refractivity contribution in [3.8, 4) is 11.5 Å². The van der Waals surface area contributed by atoms with Gasteiger partial charge in [0.1, 0.15) is 11.5 Å². The maximum absolute atomic E-state index is 12.3. The van der Waals surface area contributed by atoms with E-state index < -0.39 is 0 Å². The van der Waals surface area contributed by atoms with E-state index in [0.29, 0.717) is 6.61 Å². The summed E-state index contributed by atoms with van der Waals surface area (Å²) in [5.74, 6) is 1.50. The molecule has 3 rings (SSSR count). The van der Waals surface area contributed by atoms with Crippen molar-refractivity contribution in [1.29, 1.82) is 0 Å². The molecule has 0 radical (unpaired) electrons. The highest BCUT2D eigenvalue weighted by molar-refractivity contribution is 5.93. The summed E-state index contributed by atoms with van der Waals surface area (Å²) >= 11 is 0. The molecule has 0 atom stereocenters. The van der Waals surface area contributed by atoms with Crippen molar-refractivity contribution in [3.63, 3.8) is 0 Å². The van der Waals surface area contributed by atoms with Gasteiger partial charge in [0, 0.05) is 23.9 Å². The van der Waals surface area contributed by atoms with E-state index in [1.807, 2.05) is 66.7 Å². The maximum Gasteiger partial charge on any atom is 0.243 e. The lowest BCUT2D eigenvalue weighted by Gasteiger charge is -2.11. The number of nitrogens with one attached hydrogen (secondary N) is 2. The molecule has 0 bridgehead atoms. The smallest absolute Gasteiger partial charge is 0.243 e. The Kier molecular flexibility index (Phi) is 10.8. The SMILES string of the molecule is CCCCCCCOc1ccc(NC(=O)CNc2cccc(OCCc3ccccc3)c2)cc1. The third-order valence-electron chi connectivity index (χ3n) is 5.44. The van der Waals surface area contributed by atoms with E-state index in [2.05, 4.69) is 29.7 Å². The second kappa shape index (κ2) is 14.6. The zero-order chi connectivity index (χ0) is 23.8. The van der Waals surface area contributed by atoms with Crippen molar-refractivity contribution >= 4 is 17.3 Å². The van der Waals surface area contributed by atoms with Crippen LogP contribution in [0.15, 0.2) is 78.9 Å². The van der Waals surface area contributed by atoms with Crippen LogP contribution in [0, 0.1) is 0 Å². The van der Waals surface area contributed by atoms with Gasteiger partial charge in [0.2, 0.25) is 5.91 Å². The zero-order valence-electron chi connectivity index (χ0n) is 20.1. The minimum atomic E-state index is -0.111. The monoisotopic (exact) mass is 460 g/mol. The van der Waals surface area contributed by atoms with Crippen molar-refractivity contribution in [2.24, 2.45) is 0 Å². The summed E-state index contributed by atoms with van der Waals surface area (Å²) < 4.78 is 11.6. The molecule has 0 unspecified atom stereocenters. The zero-order valence-corrected chi connectivity index (χ0v) is 20.1. The Morgan fingerprint density at radius 2 is 1.50 bits per heavy atom. The van der Waals surface area contributed by atoms with E-state index in [1.165, 1.54) is 31.2 Å². The largest absolute Gasteiger partial charge is 0.494 e. The van der Waals surface area contributed by atoms with E-state index in [4.69, 9.17) is 9.47 Å². The first kappa shape index (κ1) is 25.2. The first-order valence-electron chi connectivity index (χ1n) is 12.3. The number of hydrogen-bond donors (Lipinski definition) is 2. The molecule has 0 saturated carbocycles. The van der Waals surface area contributed by atoms with Crippen LogP contribution in [-0.2, 0) is 11.2 Å². The lowest BCUT2D eigenvalue weighted by atomic mass is 10.2. The molecule has 3 aromatic rings. The van der Waals surface area contributed by atoms with Gasteiger partial charge in [-0.15, -0.1) is 0 Å². The molecule has 0 aliphatic heterocycles. The number of benzene rings is 3. The number of rotatable bonds is 15. The Labute approximate surface area is 203 Å². The number of unbranched alkanes of at least 4 members (excludes halogenated alkanes) is 4. The van der Waals surface area contributed by atoms with Gasteiger partial charge in [-0.1, -0.05) is 69.0 Å². The molecule has 1 amide bonds. The molecule has 5 heteroatoms. The van der Waals surface area contributed by atoms with Gasteiger partial charge in [-0.05, 0) is 48.4 Å². The number of carbonyl (C=O) groups is 1. The van der Waals surface area contributed by atoms with E-state index in [9.17, 15) is 4.79 Å². The first-order chi connectivity index (χ1) is 16.7. The highest BCUT2D eigenvalue weighted by atomic mass is 16.5. The van der Waals surface area contributed by atoms with Crippen LogP contribution in [0.25, 0.3) is 0 Å². The van der Waals surface area contributed by atoms with E-state index >= 15 is 0 Å². The highest BCUT2D eigenvalue weighted by Gasteiger charge is 2.04. The van der Waals surface area contributed by atoms with Crippen molar-refractivity contribution in [2.75, 3.05) is 30.4 Å². The van der Waals surface area contributed by atoms with Gasteiger partial charge in [0.25, 0.3) is 0 Å². The van der Waals surface area contributed by atoms with Crippen LogP contribution >= 0.6 is 0 Å². The molecule has 0 fully saturated rings. The Balaban J connectivity index is 1.35.